The van der Waals surface area contributed by atoms with Crippen LogP contribution in [-0.2, 0) is 14.4 Å². The third-order valence-electron chi connectivity index (χ3n) is 3.33. The van der Waals surface area contributed by atoms with Gasteiger partial charge in [0.2, 0.25) is 11.8 Å². The average molecular weight is 280 g/mol. The second-order valence-corrected chi connectivity index (χ2v) is 4.89. The van der Waals surface area contributed by atoms with Crippen LogP contribution in [0.4, 0.5) is 0 Å². The van der Waals surface area contributed by atoms with Gasteiger partial charge in [-0.1, -0.05) is 12.8 Å². The second-order valence-electron chi connectivity index (χ2n) is 4.89. The van der Waals surface area contributed by atoms with E-state index < -0.39 is 17.9 Å². The van der Waals surface area contributed by atoms with Crippen molar-refractivity contribution in [1.29, 1.82) is 0 Å². The van der Waals surface area contributed by atoms with Crippen LogP contribution >= 0.6 is 0 Å². The van der Waals surface area contributed by atoms with E-state index in [4.69, 9.17) is 11.5 Å². The van der Waals surface area contributed by atoms with Gasteiger partial charge in [-0.2, -0.15) is 0 Å². The Morgan fingerprint density at radius 1 is 1.30 bits per heavy atom. The van der Waals surface area contributed by atoms with Gasteiger partial charge in [-0.25, -0.2) is 4.79 Å². The van der Waals surface area contributed by atoms with Crippen molar-refractivity contribution in [3.05, 3.63) is 0 Å². The summed E-state index contributed by atoms with van der Waals surface area (Å²) < 4.78 is 0. The molecule has 1 aliphatic rings. The average Bonchev–Trinajstić information content (AvgIpc) is 2.91. The molecule has 1 saturated carbocycles. The summed E-state index contributed by atoms with van der Waals surface area (Å²) >= 11 is 0. The highest BCUT2D eigenvalue weighted by Gasteiger charge is 2.22. The molecule has 1 rings (SSSR count). The first kappa shape index (κ1) is 16.0. The van der Waals surface area contributed by atoms with Gasteiger partial charge in [0.25, 0.3) is 0 Å². The summed E-state index contributed by atoms with van der Waals surface area (Å²) in [5, 5.41) is 13.9. The van der Waals surface area contributed by atoms with E-state index in [0.29, 0.717) is 0 Å². The molecule has 110 valence electrons. The molecule has 1 atom stereocenters. The monoisotopic (exact) mass is 280 g/mol. The number of amides is 2. The van der Waals surface area contributed by atoms with Crippen LogP contribution in [0.15, 0.2) is 0 Å². The van der Waals surface area contributed by atoms with Crippen LogP contribution in [0, 0.1) is 18.3 Å². The van der Waals surface area contributed by atoms with Crippen molar-refractivity contribution < 1.29 is 19.5 Å². The van der Waals surface area contributed by atoms with Crippen molar-refractivity contribution in [2.24, 2.45) is 5.92 Å². The highest BCUT2D eigenvalue weighted by atomic mass is 16.4. The van der Waals surface area contributed by atoms with Crippen molar-refractivity contribution in [2.45, 2.75) is 44.6 Å². The summed E-state index contributed by atoms with van der Waals surface area (Å²) in [7, 11) is 0. The number of nitrogens with one attached hydrogen (secondary N) is 2. The number of carbonyl (C=O) groups excluding carboxylic acids is 2. The normalized spacial score (nSPS) is 16.1. The first-order chi connectivity index (χ1) is 9.54. The summed E-state index contributed by atoms with van der Waals surface area (Å²) in [6.45, 7) is 0.212. The van der Waals surface area contributed by atoms with Crippen molar-refractivity contribution in [1.82, 2.24) is 10.6 Å². The number of hydrogen-bond acceptors (Lipinski definition) is 3. The van der Waals surface area contributed by atoms with Crippen LogP contribution in [0.1, 0.15) is 38.5 Å². The topological polar surface area (TPSA) is 95.5 Å². The zero-order chi connectivity index (χ0) is 15.0. The van der Waals surface area contributed by atoms with Crippen LogP contribution in [0.3, 0.4) is 0 Å². The maximum absolute atomic E-state index is 11.7. The van der Waals surface area contributed by atoms with Gasteiger partial charge in [-0.05, 0) is 12.8 Å². The van der Waals surface area contributed by atoms with Gasteiger partial charge in [0, 0.05) is 25.3 Å². The molecule has 0 bridgehead atoms. The fraction of sp³-hybridized carbons (Fsp3) is 0.643. The zero-order valence-corrected chi connectivity index (χ0v) is 11.4. The predicted octanol–water partition coefficient (Wildman–Crippen LogP) is 0.276. The number of carboxylic acid groups (broad SMARTS) is 1. The number of hydrogen-bond donors (Lipinski definition) is 3. The second kappa shape index (κ2) is 8.20. The molecule has 0 spiro atoms. The van der Waals surface area contributed by atoms with Crippen LogP contribution in [0.25, 0.3) is 0 Å². The third kappa shape index (κ3) is 5.31. The minimum absolute atomic E-state index is 0.0197. The van der Waals surface area contributed by atoms with Crippen molar-refractivity contribution in [2.75, 3.05) is 6.54 Å². The molecule has 20 heavy (non-hydrogen) atoms. The summed E-state index contributed by atoms with van der Waals surface area (Å²) in [5.74, 6) is 0.650. The van der Waals surface area contributed by atoms with Crippen LogP contribution in [0.5, 0.6) is 0 Å². The van der Waals surface area contributed by atoms with Crippen LogP contribution < -0.4 is 10.6 Å². The molecule has 1 aliphatic carbocycles. The fourth-order valence-electron chi connectivity index (χ4n) is 2.22. The number of carbonyl (C=O) groups is 3. The molecule has 6 heteroatoms. The highest BCUT2D eigenvalue weighted by molar-refractivity contribution is 5.84. The zero-order valence-electron chi connectivity index (χ0n) is 11.4. The third-order valence-corrected chi connectivity index (χ3v) is 3.33. The lowest BCUT2D eigenvalue weighted by atomic mass is 10.1. The molecule has 0 aliphatic heterocycles. The number of rotatable bonds is 7. The molecule has 3 N–H and O–H groups in total. The smallest absolute Gasteiger partial charge is 0.327 e. The van der Waals surface area contributed by atoms with E-state index in [1.54, 1.807) is 0 Å². The maximum Gasteiger partial charge on any atom is 0.327 e. The van der Waals surface area contributed by atoms with Crippen molar-refractivity contribution >= 4 is 17.8 Å². The van der Waals surface area contributed by atoms with Gasteiger partial charge in [0.15, 0.2) is 0 Å². The molecule has 0 aromatic heterocycles. The molecular formula is C14H20N2O4. The molecule has 6 nitrogen and oxygen atoms in total. The quantitative estimate of drug-likeness (QED) is 0.583. The molecule has 0 aromatic rings. The summed E-state index contributed by atoms with van der Waals surface area (Å²) in [4.78, 5) is 34.0. The van der Waals surface area contributed by atoms with E-state index in [1.165, 1.54) is 0 Å². The fourth-order valence-corrected chi connectivity index (χ4v) is 2.22. The number of aliphatic carboxylic acids is 1. The Balaban J connectivity index is 2.23. The van der Waals surface area contributed by atoms with Gasteiger partial charge in [0.1, 0.15) is 6.04 Å². The molecular weight excluding hydrogens is 260 g/mol. The Labute approximate surface area is 118 Å². The number of carboxylic acids is 1. The Hall–Kier alpha value is -2.03. The summed E-state index contributed by atoms with van der Waals surface area (Å²) in [6, 6.07) is -1.07. The van der Waals surface area contributed by atoms with Gasteiger partial charge in [0.05, 0.1) is 0 Å². The Morgan fingerprint density at radius 2 is 1.95 bits per heavy atom. The van der Waals surface area contributed by atoms with E-state index >= 15 is 0 Å². The van der Waals surface area contributed by atoms with E-state index in [1.807, 2.05) is 0 Å². The molecule has 1 fully saturated rings. The van der Waals surface area contributed by atoms with E-state index in [2.05, 4.69) is 16.6 Å². The summed E-state index contributed by atoms with van der Waals surface area (Å²) in [5.41, 5.74) is 0. The maximum atomic E-state index is 11.7. The van der Waals surface area contributed by atoms with Crippen LogP contribution in [0.2, 0.25) is 0 Å². The lowest BCUT2D eigenvalue weighted by molar-refractivity contribution is -0.141. The lowest BCUT2D eigenvalue weighted by Crippen LogP contribution is -2.42. The van der Waals surface area contributed by atoms with Gasteiger partial charge >= 0.3 is 5.97 Å². The minimum Gasteiger partial charge on any atom is -0.480 e. The lowest BCUT2D eigenvalue weighted by Gasteiger charge is -2.13. The van der Waals surface area contributed by atoms with E-state index in [-0.39, 0.29) is 31.2 Å². The molecule has 0 heterocycles. The molecule has 2 amide bonds. The molecule has 0 saturated heterocycles. The standard InChI is InChI=1S/C14H20N2O4/c1-2-5-11(14(19)20)16-12(17)8-9-15-13(18)10-6-3-4-7-10/h1,10-11H,3-9H2,(H,15,18)(H,16,17)(H,19,20). The first-order valence-corrected chi connectivity index (χ1v) is 6.78. The first-order valence-electron chi connectivity index (χ1n) is 6.78. The number of terminal acetylenes is 1. The largest absolute Gasteiger partial charge is 0.480 e. The molecule has 1 unspecified atom stereocenters. The Morgan fingerprint density at radius 3 is 2.50 bits per heavy atom. The van der Waals surface area contributed by atoms with Gasteiger partial charge in [-0.15, -0.1) is 12.3 Å². The molecule has 0 aromatic carbocycles. The SMILES string of the molecule is C#CCC(NC(=O)CCNC(=O)C1CCCC1)C(=O)O. The van der Waals surface area contributed by atoms with Gasteiger partial charge < -0.3 is 15.7 Å². The Bertz CT molecular complexity index is 408. The highest BCUT2D eigenvalue weighted by Crippen LogP contribution is 2.24. The Kier molecular flexibility index (Phi) is 6.57. The minimum atomic E-state index is -1.16. The predicted molar refractivity (Wildman–Crippen MR) is 72.6 cm³/mol. The van der Waals surface area contributed by atoms with Gasteiger partial charge in [-0.3, -0.25) is 9.59 Å². The van der Waals surface area contributed by atoms with Crippen molar-refractivity contribution in [3.8, 4) is 12.3 Å². The van der Waals surface area contributed by atoms with E-state index in [0.717, 1.165) is 25.7 Å². The van der Waals surface area contributed by atoms with Crippen molar-refractivity contribution in [3.63, 3.8) is 0 Å². The molecule has 0 radical (unpaired) electrons. The van der Waals surface area contributed by atoms with Crippen LogP contribution in [-0.4, -0.2) is 35.5 Å². The summed E-state index contributed by atoms with van der Waals surface area (Å²) in [6.07, 6.45) is 8.98. The van der Waals surface area contributed by atoms with E-state index in [9.17, 15) is 14.4 Å².